The zero-order valence-electron chi connectivity index (χ0n) is 17.0. The van der Waals surface area contributed by atoms with Crippen LogP contribution in [-0.4, -0.2) is 34.1 Å². The number of primary amides is 1. The maximum atomic E-state index is 14.0. The molecule has 1 atom stereocenters. The largest absolute Gasteiger partial charge is 0.489 e. The number of carbonyl (C=O) groups is 2. The van der Waals surface area contributed by atoms with Crippen molar-refractivity contribution in [3.63, 3.8) is 0 Å². The van der Waals surface area contributed by atoms with Crippen LogP contribution < -0.4 is 21.5 Å². The highest BCUT2D eigenvalue weighted by Gasteiger charge is 2.34. The molecule has 1 aromatic carbocycles. The van der Waals surface area contributed by atoms with Crippen molar-refractivity contribution in [3.05, 3.63) is 64.9 Å². The highest BCUT2D eigenvalue weighted by Crippen LogP contribution is 2.22. The Bertz CT molecular complexity index is 989. The zero-order valence-corrected chi connectivity index (χ0v) is 17.0. The molecule has 0 saturated carbocycles. The first-order valence-electron chi connectivity index (χ1n) is 9.11. The van der Waals surface area contributed by atoms with Gasteiger partial charge in [-0.25, -0.2) is 4.39 Å². The third-order valence-corrected chi connectivity index (χ3v) is 4.46. The van der Waals surface area contributed by atoms with Crippen molar-refractivity contribution in [3.8, 4) is 5.75 Å². The van der Waals surface area contributed by atoms with E-state index in [-0.39, 0.29) is 29.4 Å². The standard InChI is InChI=1S/C21H25FN4O4/c1-12-4-5-14(16(22)8-12)10-30-15-6-7-25-17(9-15)18(13(2)23)19(28)26-21(3,11-27)20(24)29/h4-9,27H,10-11,23H2,1-3H3,(H2,24,29)(H,26,28)/b18-13+. The van der Waals surface area contributed by atoms with Gasteiger partial charge in [-0.2, -0.15) is 0 Å². The van der Waals surface area contributed by atoms with E-state index in [2.05, 4.69) is 10.3 Å². The van der Waals surface area contributed by atoms with Gasteiger partial charge in [-0.15, -0.1) is 0 Å². The van der Waals surface area contributed by atoms with Crippen LogP contribution in [0.2, 0.25) is 0 Å². The van der Waals surface area contributed by atoms with Gasteiger partial charge in [-0.05, 0) is 38.5 Å². The molecule has 9 heteroatoms. The predicted molar refractivity (Wildman–Crippen MR) is 109 cm³/mol. The van der Waals surface area contributed by atoms with E-state index in [1.807, 2.05) is 0 Å². The summed E-state index contributed by atoms with van der Waals surface area (Å²) < 4.78 is 19.6. The normalized spacial score (nSPS) is 13.8. The van der Waals surface area contributed by atoms with Gasteiger partial charge in [-0.3, -0.25) is 14.6 Å². The van der Waals surface area contributed by atoms with E-state index in [4.69, 9.17) is 16.2 Å². The second-order valence-corrected chi connectivity index (χ2v) is 7.13. The maximum absolute atomic E-state index is 14.0. The second-order valence-electron chi connectivity index (χ2n) is 7.13. The minimum atomic E-state index is -1.67. The Morgan fingerprint density at radius 1 is 1.27 bits per heavy atom. The lowest BCUT2D eigenvalue weighted by atomic mass is 10.0. The van der Waals surface area contributed by atoms with Gasteiger partial charge in [0.1, 0.15) is 23.7 Å². The van der Waals surface area contributed by atoms with E-state index in [0.717, 1.165) is 5.56 Å². The van der Waals surface area contributed by atoms with Crippen LogP contribution in [0.15, 0.2) is 42.2 Å². The van der Waals surface area contributed by atoms with Crippen molar-refractivity contribution in [2.75, 3.05) is 6.61 Å². The summed E-state index contributed by atoms with van der Waals surface area (Å²) >= 11 is 0. The number of halogens is 1. The summed E-state index contributed by atoms with van der Waals surface area (Å²) in [6.07, 6.45) is 1.41. The van der Waals surface area contributed by atoms with Gasteiger partial charge < -0.3 is 26.6 Å². The van der Waals surface area contributed by atoms with Crippen LogP contribution >= 0.6 is 0 Å². The third-order valence-electron chi connectivity index (χ3n) is 4.46. The van der Waals surface area contributed by atoms with Crippen LogP contribution in [0, 0.1) is 12.7 Å². The molecular weight excluding hydrogens is 391 g/mol. The average molecular weight is 416 g/mol. The van der Waals surface area contributed by atoms with Crippen molar-refractivity contribution < 1.29 is 23.8 Å². The van der Waals surface area contributed by atoms with Gasteiger partial charge in [0.05, 0.1) is 17.9 Å². The molecule has 2 aromatic rings. The smallest absolute Gasteiger partial charge is 0.256 e. The molecule has 0 fully saturated rings. The fourth-order valence-electron chi connectivity index (χ4n) is 2.56. The van der Waals surface area contributed by atoms with Crippen molar-refractivity contribution in [2.24, 2.45) is 11.5 Å². The number of ether oxygens (including phenoxy) is 1. The number of carbonyl (C=O) groups excluding carboxylic acids is 2. The number of nitrogens with zero attached hydrogens (tertiary/aromatic N) is 1. The number of nitrogens with two attached hydrogens (primary N) is 2. The molecule has 1 aromatic heterocycles. The number of aryl methyl sites for hydroxylation is 1. The van der Waals surface area contributed by atoms with Crippen LogP contribution in [-0.2, 0) is 16.2 Å². The van der Waals surface area contributed by atoms with Gasteiger partial charge in [0.15, 0.2) is 0 Å². The van der Waals surface area contributed by atoms with Crippen molar-refractivity contribution in [2.45, 2.75) is 32.9 Å². The van der Waals surface area contributed by atoms with E-state index in [9.17, 15) is 19.1 Å². The fourth-order valence-corrected chi connectivity index (χ4v) is 2.56. The molecule has 1 heterocycles. The molecule has 0 radical (unpaired) electrons. The van der Waals surface area contributed by atoms with Crippen LogP contribution in [0.3, 0.4) is 0 Å². The Kier molecular flexibility index (Phi) is 7.12. The summed E-state index contributed by atoms with van der Waals surface area (Å²) in [5.74, 6) is -1.68. The minimum absolute atomic E-state index is 0.0112. The van der Waals surface area contributed by atoms with E-state index in [1.54, 1.807) is 25.1 Å². The number of rotatable bonds is 8. The first-order valence-corrected chi connectivity index (χ1v) is 9.11. The number of aliphatic hydroxyl groups excluding tert-OH is 1. The molecule has 160 valence electrons. The van der Waals surface area contributed by atoms with Gasteiger partial charge in [0.25, 0.3) is 5.91 Å². The Morgan fingerprint density at radius 3 is 2.53 bits per heavy atom. The lowest BCUT2D eigenvalue weighted by Crippen LogP contribution is -2.58. The molecule has 0 spiro atoms. The molecule has 0 saturated heterocycles. The maximum Gasteiger partial charge on any atom is 0.256 e. The molecule has 30 heavy (non-hydrogen) atoms. The minimum Gasteiger partial charge on any atom is -0.489 e. The number of aromatic nitrogens is 1. The highest BCUT2D eigenvalue weighted by atomic mass is 19.1. The van der Waals surface area contributed by atoms with Gasteiger partial charge in [0, 0.05) is 23.5 Å². The molecule has 1 unspecified atom stereocenters. The average Bonchev–Trinajstić information content (AvgIpc) is 2.67. The number of hydrogen-bond acceptors (Lipinski definition) is 6. The molecule has 6 N–H and O–H groups in total. The Hall–Kier alpha value is -3.46. The van der Waals surface area contributed by atoms with Crippen molar-refractivity contribution in [1.29, 1.82) is 0 Å². The van der Waals surface area contributed by atoms with E-state index in [1.165, 1.54) is 32.2 Å². The van der Waals surface area contributed by atoms with Crippen LogP contribution in [0.25, 0.3) is 5.57 Å². The fraction of sp³-hybridized carbons (Fsp3) is 0.286. The first kappa shape index (κ1) is 22.8. The number of allylic oxidation sites excluding steroid dienone is 1. The van der Waals surface area contributed by atoms with Gasteiger partial charge >= 0.3 is 0 Å². The summed E-state index contributed by atoms with van der Waals surface area (Å²) in [5, 5.41) is 11.8. The van der Waals surface area contributed by atoms with Gasteiger partial charge in [0.2, 0.25) is 5.91 Å². The Labute approximate surface area is 173 Å². The summed E-state index contributed by atoms with van der Waals surface area (Å²) in [4.78, 5) is 28.4. The predicted octanol–water partition coefficient (Wildman–Crippen LogP) is 1.15. The highest BCUT2D eigenvalue weighted by molar-refractivity contribution is 6.20. The summed E-state index contributed by atoms with van der Waals surface area (Å²) in [6.45, 7) is 3.86. The molecule has 8 nitrogen and oxygen atoms in total. The number of hydrogen-bond donors (Lipinski definition) is 4. The lowest BCUT2D eigenvalue weighted by Gasteiger charge is -2.25. The quantitative estimate of drug-likeness (QED) is 0.476. The van der Waals surface area contributed by atoms with Crippen LogP contribution in [0.5, 0.6) is 5.75 Å². The number of pyridine rings is 1. The molecule has 0 aliphatic rings. The summed E-state index contributed by atoms with van der Waals surface area (Å²) in [6, 6.07) is 7.85. The molecule has 0 aliphatic heterocycles. The van der Waals surface area contributed by atoms with E-state index >= 15 is 0 Å². The molecule has 0 bridgehead atoms. The molecule has 0 aliphatic carbocycles. The van der Waals surface area contributed by atoms with Crippen molar-refractivity contribution >= 4 is 17.4 Å². The SMILES string of the molecule is C/C(N)=C(\C(=O)NC(C)(CO)C(N)=O)c1cc(OCc2ccc(C)cc2F)ccn1. The van der Waals surface area contributed by atoms with Gasteiger partial charge in [-0.1, -0.05) is 12.1 Å². The molecule has 2 amide bonds. The number of benzene rings is 1. The topological polar surface area (TPSA) is 141 Å². The van der Waals surface area contributed by atoms with E-state index < -0.39 is 24.0 Å². The summed E-state index contributed by atoms with van der Waals surface area (Å²) in [5.41, 5.74) is 10.9. The van der Waals surface area contributed by atoms with Crippen molar-refractivity contribution in [1.82, 2.24) is 10.3 Å². The summed E-state index contributed by atoms with van der Waals surface area (Å²) in [7, 11) is 0. The molecular formula is C21H25FN4O4. The third kappa shape index (κ3) is 5.32. The number of aliphatic hydroxyl groups is 1. The monoisotopic (exact) mass is 416 g/mol. The van der Waals surface area contributed by atoms with E-state index in [0.29, 0.717) is 11.3 Å². The number of nitrogens with one attached hydrogen (secondary N) is 1. The molecule has 2 rings (SSSR count). The van der Waals surface area contributed by atoms with Crippen LogP contribution in [0.4, 0.5) is 4.39 Å². The second kappa shape index (κ2) is 9.36. The lowest BCUT2D eigenvalue weighted by molar-refractivity contribution is -0.130. The van der Waals surface area contributed by atoms with Crippen LogP contribution in [0.1, 0.15) is 30.7 Å². The first-order chi connectivity index (χ1) is 14.1. The number of amides is 2. The Morgan fingerprint density at radius 2 is 1.97 bits per heavy atom. The Balaban J connectivity index is 2.25. The zero-order chi connectivity index (χ0) is 22.5.